The van der Waals surface area contributed by atoms with Gasteiger partial charge in [-0.25, -0.2) is 4.39 Å². The number of nitrogens with zero attached hydrogens (tertiary/aromatic N) is 1. The van der Waals surface area contributed by atoms with Crippen molar-refractivity contribution in [3.8, 4) is 0 Å². The van der Waals surface area contributed by atoms with Crippen LogP contribution in [0.15, 0.2) is 12.1 Å². The van der Waals surface area contributed by atoms with Crippen LogP contribution in [0.2, 0.25) is 0 Å². The average molecular weight is 362 g/mol. The van der Waals surface area contributed by atoms with Crippen molar-refractivity contribution < 1.29 is 18.8 Å². The number of imide groups is 1. The van der Waals surface area contributed by atoms with Gasteiger partial charge in [0, 0.05) is 12.1 Å². The standard InChI is InChI=1S/C20H27FN2O3/c1-12-7-13(21)8-14-15(12)9-23(18(14)26)16(17(25)22-11-24)20(5,6)10-19(2,3)4/h7-8,11,16H,9-10H2,1-6H3,(H,22,24,25). The summed E-state index contributed by atoms with van der Waals surface area (Å²) < 4.78 is 13.8. The smallest absolute Gasteiger partial charge is 0.255 e. The van der Waals surface area contributed by atoms with E-state index in [0.717, 1.165) is 5.56 Å². The Balaban J connectivity index is 2.48. The van der Waals surface area contributed by atoms with E-state index in [9.17, 15) is 18.8 Å². The molecule has 1 unspecified atom stereocenters. The van der Waals surface area contributed by atoms with Crippen LogP contribution in [-0.2, 0) is 16.1 Å². The molecular formula is C20H27FN2O3. The Labute approximate surface area is 153 Å². The molecule has 0 aromatic heterocycles. The molecule has 1 aromatic rings. The number of hydrogen-bond acceptors (Lipinski definition) is 3. The van der Waals surface area contributed by atoms with E-state index < -0.39 is 23.2 Å². The molecule has 0 fully saturated rings. The van der Waals surface area contributed by atoms with Crippen molar-refractivity contribution in [1.82, 2.24) is 10.2 Å². The minimum atomic E-state index is -0.839. The minimum Gasteiger partial charge on any atom is -0.322 e. The van der Waals surface area contributed by atoms with Crippen LogP contribution >= 0.6 is 0 Å². The Morgan fingerprint density at radius 3 is 2.46 bits per heavy atom. The maximum atomic E-state index is 13.8. The number of benzene rings is 1. The first-order chi connectivity index (χ1) is 11.9. The van der Waals surface area contributed by atoms with Crippen LogP contribution in [0.3, 0.4) is 0 Å². The number of carbonyl (C=O) groups is 3. The number of amides is 3. The summed E-state index contributed by atoms with van der Waals surface area (Å²) in [5.74, 6) is -1.37. The van der Waals surface area contributed by atoms with Crippen molar-refractivity contribution in [3.63, 3.8) is 0 Å². The molecule has 1 N–H and O–H groups in total. The quantitative estimate of drug-likeness (QED) is 0.818. The van der Waals surface area contributed by atoms with E-state index in [-0.39, 0.29) is 23.4 Å². The molecule has 2 rings (SSSR count). The average Bonchev–Trinajstić information content (AvgIpc) is 2.74. The second-order valence-corrected chi connectivity index (χ2v) is 8.94. The van der Waals surface area contributed by atoms with Crippen LogP contribution in [0.25, 0.3) is 0 Å². The molecule has 5 nitrogen and oxygen atoms in total. The first kappa shape index (κ1) is 20.1. The summed E-state index contributed by atoms with van der Waals surface area (Å²) in [6, 6.07) is 1.77. The molecule has 0 saturated carbocycles. The van der Waals surface area contributed by atoms with E-state index in [4.69, 9.17) is 0 Å². The fraction of sp³-hybridized carbons (Fsp3) is 0.550. The Kier molecular flexibility index (Phi) is 5.26. The molecule has 26 heavy (non-hydrogen) atoms. The summed E-state index contributed by atoms with van der Waals surface area (Å²) in [6.45, 7) is 12.0. The Bertz CT molecular complexity index is 750. The highest BCUT2D eigenvalue weighted by Gasteiger charge is 2.46. The zero-order valence-corrected chi connectivity index (χ0v) is 16.3. The minimum absolute atomic E-state index is 0.0825. The van der Waals surface area contributed by atoms with Crippen LogP contribution < -0.4 is 5.32 Å². The van der Waals surface area contributed by atoms with Gasteiger partial charge in [-0.3, -0.25) is 19.7 Å². The number of halogens is 1. The fourth-order valence-corrected chi connectivity index (χ4v) is 4.30. The molecule has 0 aliphatic carbocycles. The number of nitrogens with one attached hydrogen (secondary N) is 1. The first-order valence-electron chi connectivity index (χ1n) is 8.71. The number of aryl methyl sites for hydroxylation is 1. The summed E-state index contributed by atoms with van der Waals surface area (Å²) in [6.07, 6.45) is 0.992. The third-order valence-corrected chi connectivity index (χ3v) is 4.74. The van der Waals surface area contributed by atoms with E-state index in [1.54, 1.807) is 6.92 Å². The van der Waals surface area contributed by atoms with Gasteiger partial charge in [-0.15, -0.1) is 0 Å². The summed E-state index contributed by atoms with van der Waals surface area (Å²) >= 11 is 0. The Morgan fingerprint density at radius 1 is 1.31 bits per heavy atom. The van der Waals surface area contributed by atoms with Crippen LogP contribution in [0.4, 0.5) is 4.39 Å². The maximum Gasteiger partial charge on any atom is 0.255 e. The lowest BCUT2D eigenvalue weighted by atomic mass is 9.71. The van der Waals surface area contributed by atoms with Gasteiger partial charge >= 0.3 is 0 Å². The highest BCUT2D eigenvalue weighted by atomic mass is 19.1. The zero-order valence-electron chi connectivity index (χ0n) is 16.3. The lowest BCUT2D eigenvalue weighted by Crippen LogP contribution is -2.55. The van der Waals surface area contributed by atoms with Gasteiger partial charge in [0.1, 0.15) is 11.9 Å². The maximum absolute atomic E-state index is 13.8. The lowest BCUT2D eigenvalue weighted by Gasteiger charge is -2.42. The van der Waals surface area contributed by atoms with Gasteiger partial charge in [0.2, 0.25) is 12.3 Å². The van der Waals surface area contributed by atoms with E-state index >= 15 is 0 Å². The highest BCUT2D eigenvalue weighted by molar-refractivity contribution is 6.02. The van der Waals surface area contributed by atoms with Crippen molar-refractivity contribution in [1.29, 1.82) is 0 Å². The monoisotopic (exact) mass is 362 g/mol. The van der Waals surface area contributed by atoms with Gasteiger partial charge in [-0.2, -0.15) is 0 Å². The summed E-state index contributed by atoms with van der Waals surface area (Å²) in [5.41, 5.74) is 1.03. The van der Waals surface area contributed by atoms with Gasteiger partial charge in [0.25, 0.3) is 5.91 Å². The van der Waals surface area contributed by atoms with Crippen molar-refractivity contribution in [2.45, 2.75) is 60.5 Å². The molecule has 0 spiro atoms. The van der Waals surface area contributed by atoms with Gasteiger partial charge in [-0.05, 0) is 47.4 Å². The molecular weight excluding hydrogens is 335 g/mol. The predicted octanol–water partition coefficient (Wildman–Crippen LogP) is 3.19. The van der Waals surface area contributed by atoms with Crippen LogP contribution in [0.5, 0.6) is 0 Å². The summed E-state index contributed by atoms with van der Waals surface area (Å²) in [5, 5.41) is 2.20. The third kappa shape index (κ3) is 3.94. The first-order valence-corrected chi connectivity index (χ1v) is 8.71. The summed E-state index contributed by atoms with van der Waals surface area (Å²) in [4.78, 5) is 38.0. The van der Waals surface area contributed by atoms with Crippen molar-refractivity contribution in [2.75, 3.05) is 0 Å². The molecule has 1 aromatic carbocycles. The molecule has 1 aliphatic rings. The van der Waals surface area contributed by atoms with Gasteiger partial charge in [-0.1, -0.05) is 34.6 Å². The Hall–Kier alpha value is -2.24. The van der Waals surface area contributed by atoms with E-state index in [0.29, 0.717) is 18.4 Å². The van der Waals surface area contributed by atoms with Gasteiger partial charge in [0.15, 0.2) is 0 Å². The molecule has 0 bridgehead atoms. The topological polar surface area (TPSA) is 66.5 Å². The second-order valence-electron chi connectivity index (χ2n) is 8.94. The number of fused-ring (bicyclic) bond motifs is 1. The fourth-order valence-electron chi connectivity index (χ4n) is 4.30. The normalized spacial score (nSPS) is 15.7. The summed E-state index contributed by atoms with van der Waals surface area (Å²) in [7, 11) is 0. The SMILES string of the molecule is Cc1cc(F)cc2c1CN(C(C(=O)NC=O)C(C)(C)CC(C)(C)C)C2=O. The molecule has 1 aliphatic heterocycles. The molecule has 0 saturated heterocycles. The van der Waals surface area contributed by atoms with Crippen LogP contribution in [-0.4, -0.2) is 29.2 Å². The number of carbonyl (C=O) groups excluding carboxylic acids is 3. The van der Waals surface area contributed by atoms with Crippen molar-refractivity contribution >= 4 is 18.2 Å². The zero-order chi connectivity index (χ0) is 19.9. The number of rotatable bonds is 5. The largest absolute Gasteiger partial charge is 0.322 e. The van der Waals surface area contributed by atoms with E-state index in [2.05, 4.69) is 26.1 Å². The van der Waals surface area contributed by atoms with Crippen LogP contribution in [0, 0.1) is 23.6 Å². The van der Waals surface area contributed by atoms with Crippen molar-refractivity contribution in [3.05, 3.63) is 34.6 Å². The van der Waals surface area contributed by atoms with Crippen molar-refractivity contribution in [2.24, 2.45) is 10.8 Å². The predicted molar refractivity (Wildman–Crippen MR) is 96.9 cm³/mol. The third-order valence-electron chi connectivity index (χ3n) is 4.74. The molecule has 142 valence electrons. The Morgan fingerprint density at radius 2 is 1.92 bits per heavy atom. The lowest BCUT2D eigenvalue weighted by molar-refractivity contribution is -0.133. The molecule has 1 heterocycles. The van der Waals surface area contributed by atoms with Gasteiger partial charge < -0.3 is 4.90 Å². The second kappa shape index (κ2) is 6.82. The van der Waals surface area contributed by atoms with Gasteiger partial charge in [0.05, 0.1) is 0 Å². The molecule has 6 heteroatoms. The molecule has 3 amide bonds. The van der Waals surface area contributed by atoms with Crippen LogP contribution in [0.1, 0.15) is 62.5 Å². The highest BCUT2D eigenvalue weighted by Crippen LogP contribution is 2.41. The molecule has 1 atom stereocenters. The van der Waals surface area contributed by atoms with E-state index in [1.807, 2.05) is 13.8 Å². The van der Waals surface area contributed by atoms with E-state index in [1.165, 1.54) is 17.0 Å². The number of hydrogen-bond donors (Lipinski definition) is 1. The molecule has 0 radical (unpaired) electrons.